The lowest BCUT2D eigenvalue weighted by Gasteiger charge is -2.38. The summed E-state index contributed by atoms with van der Waals surface area (Å²) < 4.78 is 5.92. The highest BCUT2D eigenvalue weighted by molar-refractivity contribution is 9.10. The van der Waals surface area contributed by atoms with E-state index in [0.29, 0.717) is 11.6 Å². The minimum absolute atomic E-state index is 0. The Morgan fingerprint density at radius 1 is 1.50 bits per heavy atom. The number of amides is 1. The van der Waals surface area contributed by atoms with Crippen LogP contribution in [0.15, 0.2) is 22.7 Å². The van der Waals surface area contributed by atoms with Gasteiger partial charge in [0.05, 0.1) is 6.04 Å². The standard InChI is InChI=1S/C12H13BrClNO2.ClH/c1-12(2)6-17-11(16)15-10(12)8-4-3-7(13)5-9(8)14;/h3-5,10H,6H2,1-2H3,(H,15,16);1H/t10-;/m0./s1. The Labute approximate surface area is 126 Å². The summed E-state index contributed by atoms with van der Waals surface area (Å²) in [5.74, 6) is 0. The third-order valence-corrected chi connectivity index (χ3v) is 3.71. The Balaban J connectivity index is 0.00000162. The van der Waals surface area contributed by atoms with E-state index in [0.717, 1.165) is 10.0 Å². The van der Waals surface area contributed by atoms with E-state index in [1.165, 1.54) is 0 Å². The summed E-state index contributed by atoms with van der Waals surface area (Å²) in [5, 5.41) is 3.46. The summed E-state index contributed by atoms with van der Waals surface area (Å²) in [5.41, 5.74) is 0.724. The molecule has 6 heteroatoms. The van der Waals surface area contributed by atoms with Crippen molar-refractivity contribution in [1.82, 2.24) is 5.32 Å². The average Bonchev–Trinajstić information content (AvgIpc) is 2.23. The Bertz CT molecular complexity index is 465. The van der Waals surface area contributed by atoms with Crippen LogP contribution in [0.4, 0.5) is 4.79 Å². The minimum Gasteiger partial charge on any atom is -0.449 e. The number of rotatable bonds is 1. The van der Waals surface area contributed by atoms with Crippen molar-refractivity contribution >= 4 is 46.0 Å². The van der Waals surface area contributed by atoms with Gasteiger partial charge < -0.3 is 10.1 Å². The number of ether oxygens (including phenoxy) is 1. The number of cyclic esters (lactones) is 1. The van der Waals surface area contributed by atoms with Crippen molar-refractivity contribution in [2.24, 2.45) is 5.41 Å². The quantitative estimate of drug-likeness (QED) is 0.814. The molecule has 0 radical (unpaired) electrons. The van der Waals surface area contributed by atoms with Crippen LogP contribution in [0.25, 0.3) is 0 Å². The number of carbonyl (C=O) groups is 1. The van der Waals surface area contributed by atoms with Gasteiger partial charge in [-0.1, -0.05) is 47.4 Å². The van der Waals surface area contributed by atoms with Gasteiger partial charge in [0.25, 0.3) is 0 Å². The molecule has 1 aromatic rings. The Morgan fingerprint density at radius 2 is 2.17 bits per heavy atom. The highest BCUT2D eigenvalue weighted by Crippen LogP contribution is 2.39. The lowest BCUT2D eigenvalue weighted by Crippen LogP contribution is -2.47. The summed E-state index contributed by atoms with van der Waals surface area (Å²) in [6.45, 7) is 4.46. The Morgan fingerprint density at radius 3 is 2.78 bits per heavy atom. The zero-order chi connectivity index (χ0) is 12.6. The Kier molecular flexibility index (Phi) is 4.92. The summed E-state index contributed by atoms with van der Waals surface area (Å²) in [6.07, 6.45) is -0.395. The van der Waals surface area contributed by atoms with Crippen LogP contribution in [0, 0.1) is 5.41 Å². The highest BCUT2D eigenvalue weighted by Gasteiger charge is 2.38. The molecule has 1 fully saturated rings. The van der Waals surface area contributed by atoms with Gasteiger partial charge in [-0.25, -0.2) is 4.79 Å². The van der Waals surface area contributed by atoms with Crippen molar-refractivity contribution in [3.05, 3.63) is 33.3 Å². The monoisotopic (exact) mass is 353 g/mol. The van der Waals surface area contributed by atoms with Crippen molar-refractivity contribution < 1.29 is 9.53 Å². The van der Waals surface area contributed by atoms with Gasteiger partial charge >= 0.3 is 6.09 Å². The molecule has 1 saturated heterocycles. The molecule has 0 spiro atoms. The number of hydrogen-bond acceptors (Lipinski definition) is 2. The molecule has 100 valence electrons. The van der Waals surface area contributed by atoms with Crippen molar-refractivity contribution in [2.75, 3.05) is 6.61 Å². The molecule has 1 heterocycles. The fourth-order valence-electron chi connectivity index (χ4n) is 1.92. The molecule has 0 aromatic heterocycles. The first-order valence-electron chi connectivity index (χ1n) is 5.28. The summed E-state index contributed by atoms with van der Waals surface area (Å²) in [7, 11) is 0. The van der Waals surface area contributed by atoms with Gasteiger partial charge in [-0.15, -0.1) is 12.4 Å². The van der Waals surface area contributed by atoms with Crippen LogP contribution in [0.1, 0.15) is 25.5 Å². The van der Waals surface area contributed by atoms with E-state index in [-0.39, 0.29) is 23.9 Å². The van der Waals surface area contributed by atoms with E-state index in [9.17, 15) is 4.79 Å². The molecular formula is C12H14BrCl2NO2. The Hall–Kier alpha value is -0.450. The first-order chi connectivity index (χ1) is 7.90. The first-order valence-corrected chi connectivity index (χ1v) is 6.45. The van der Waals surface area contributed by atoms with Crippen molar-refractivity contribution in [3.8, 4) is 0 Å². The van der Waals surface area contributed by atoms with Gasteiger partial charge in [-0.2, -0.15) is 0 Å². The predicted octanol–water partition coefficient (Wildman–Crippen LogP) is 4.33. The number of halogens is 3. The van der Waals surface area contributed by atoms with Gasteiger partial charge in [0, 0.05) is 14.9 Å². The van der Waals surface area contributed by atoms with Crippen LogP contribution in [-0.2, 0) is 4.74 Å². The molecule has 3 nitrogen and oxygen atoms in total. The van der Waals surface area contributed by atoms with Gasteiger partial charge in [-0.05, 0) is 17.7 Å². The topological polar surface area (TPSA) is 38.3 Å². The van der Waals surface area contributed by atoms with E-state index >= 15 is 0 Å². The van der Waals surface area contributed by atoms with Crippen molar-refractivity contribution in [1.29, 1.82) is 0 Å². The van der Waals surface area contributed by atoms with E-state index in [4.69, 9.17) is 16.3 Å². The summed E-state index contributed by atoms with van der Waals surface area (Å²) in [4.78, 5) is 11.3. The van der Waals surface area contributed by atoms with Gasteiger partial charge in [0.1, 0.15) is 6.61 Å². The van der Waals surface area contributed by atoms with E-state index in [2.05, 4.69) is 21.2 Å². The van der Waals surface area contributed by atoms with Gasteiger partial charge in [0.15, 0.2) is 0 Å². The van der Waals surface area contributed by atoms with Crippen LogP contribution in [0.3, 0.4) is 0 Å². The summed E-state index contributed by atoms with van der Waals surface area (Å²) in [6, 6.07) is 5.53. The predicted molar refractivity (Wildman–Crippen MR) is 77.4 cm³/mol. The fraction of sp³-hybridized carbons (Fsp3) is 0.417. The second-order valence-corrected chi connectivity index (χ2v) is 6.13. The zero-order valence-corrected chi connectivity index (χ0v) is 13.2. The highest BCUT2D eigenvalue weighted by atomic mass is 79.9. The molecule has 1 aliphatic heterocycles. The number of carbonyl (C=O) groups excluding carboxylic acids is 1. The average molecular weight is 355 g/mol. The number of benzene rings is 1. The minimum atomic E-state index is -0.395. The maximum Gasteiger partial charge on any atom is 0.407 e. The van der Waals surface area contributed by atoms with E-state index in [1.807, 2.05) is 32.0 Å². The molecule has 0 unspecified atom stereocenters. The summed E-state index contributed by atoms with van der Waals surface area (Å²) >= 11 is 9.58. The normalized spacial score (nSPS) is 21.6. The first kappa shape index (κ1) is 15.6. The molecule has 0 bridgehead atoms. The number of alkyl carbamates (subject to hydrolysis) is 1. The molecule has 1 atom stereocenters. The lowest BCUT2D eigenvalue weighted by molar-refractivity contribution is 0.0387. The lowest BCUT2D eigenvalue weighted by atomic mass is 9.80. The molecule has 0 aliphatic carbocycles. The molecule has 1 aliphatic rings. The largest absolute Gasteiger partial charge is 0.449 e. The van der Waals surface area contributed by atoms with Gasteiger partial charge in [-0.3, -0.25) is 0 Å². The van der Waals surface area contributed by atoms with Crippen LogP contribution >= 0.6 is 39.9 Å². The second kappa shape index (κ2) is 5.68. The molecule has 1 N–H and O–H groups in total. The SMILES string of the molecule is CC1(C)COC(=O)N[C@H]1c1ccc(Br)cc1Cl.Cl. The maximum absolute atomic E-state index is 11.3. The maximum atomic E-state index is 11.3. The van der Waals surface area contributed by atoms with Crippen LogP contribution in [0.5, 0.6) is 0 Å². The van der Waals surface area contributed by atoms with Crippen molar-refractivity contribution in [3.63, 3.8) is 0 Å². The van der Waals surface area contributed by atoms with E-state index < -0.39 is 6.09 Å². The number of hydrogen-bond donors (Lipinski definition) is 1. The van der Waals surface area contributed by atoms with Crippen molar-refractivity contribution in [2.45, 2.75) is 19.9 Å². The molecule has 1 aromatic carbocycles. The fourth-order valence-corrected chi connectivity index (χ4v) is 2.71. The second-order valence-electron chi connectivity index (χ2n) is 4.81. The molecule has 18 heavy (non-hydrogen) atoms. The molecule has 0 saturated carbocycles. The van der Waals surface area contributed by atoms with Crippen LogP contribution < -0.4 is 5.32 Å². The van der Waals surface area contributed by atoms with E-state index in [1.54, 1.807) is 0 Å². The number of nitrogens with one attached hydrogen (secondary N) is 1. The van der Waals surface area contributed by atoms with Crippen LogP contribution in [0.2, 0.25) is 5.02 Å². The molecule has 1 amide bonds. The zero-order valence-electron chi connectivity index (χ0n) is 10.00. The molecule has 2 rings (SSSR count). The van der Waals surface area contributed by atoms with Gasteiger partial charge in [0.2, 0.25) is 0 Å². The molecular weight excluding hydrogens is 341 g/mol. The third kappa shape index (κ3) is 3.11. The smallest absolute Gasteiger partial charge is 0.407 e. The third-order valence-electron chi connectivity index (χ3n) is 2.89. The van der Waals surface area contributed by atoms with Crippen LogP contribution in [-0.4, -0.2) is 12.7 Å².